The first-order valence-electron chi connectivity index (χ1n) is 15.3. The van der Waals surface area contributed by atoms with Crippen LogP contribution in [0.25, 0.3) is 38.6 Å². The molecule has 200 valence electrons. The quantitative estimate of drug-likeness (QED) is 0.241. The second-order valence-electron chi connectivity index (χ2n) is 12.7. The highest BCUT2D eigenvalue weighted by Gasteiger charge is 2.57. The van der Waals surface area contributed by atoms with Crippen molar-refractivity contribution in [3.05, 3.63) is 126 Å². The Balaban J connectivity index is 1.14. The smallest absolute Gasteiger partial charge is 0.0541 e. The Hall–Kier alpha value is -4.30. The molecule has 0 radical (unpaired) electrons. The van der Waals surface area contributed by atoms with Gasteiger partial charge in [-0.25, -0.2) is 0 Å². The van der Waals surface area contributed by atoms with Crippen LogP contribution in [0.5, 0.6) is 0 Å². The predicted molar refractivity (Wildman–Crippen MR) is 171 cm³/mol. The summed E-state index contributed by atoms with van der Waals surface area (Å²) in [4.78, 5) is 0. The fraction of sp³-hybridized carbons (Fsp3) is 0.231. The maximum Gasteiger partial charge on any atom is 0.0541 e. The van der Waals surface area contributed by atoms with Crippen molar-refractivity contribution in [3.8, 4) is 16.8 Å². The number of hydrogen-bond acceptors (Lipinski definition) is 1. The van der Waals surface area contributed by atoms with Crippen LogP contribution in [-0.4, -0.2) is 4.57 Å². The monoisotopic (exact) mass is 530 g/mol. The molecule has 2 heteroatoms. The van der Waals surface area contributed by atoms with Gasteiger partial charge < -0.3 is 9.88 Å². The first-order valence-corrected chi connectivity index (χ1v) is 15.3. The van der Waals surface area contributed by atoms with E-state index in [1.54, 1.807) is 11.1 Å². The number of hydrogen-bond donors (Lipinski definition) is 1. The Bertz CT molecular complexity index is 1910. The van der Waals surface area contributed by atoms with Gasteiger partial charge in [0, 0.05) is 38.8 Å². The molecular formula is C39H34N2. The van der Waals surface area contributed by atoms with E-state index < -0.39 is 0 Å². The molecular weight excluding hydrogens is 496 g/mol. The summed E-state index contributed by atoms with van der Waals surface area (Å²) < 4.78 is 2.38. The predicted octanol–water partition coefficient (Wildman–Crippen LogP) is 10.2. The van der Waals surface area contributed by atoms with Crippen molar-refractivity contribution in [2.45, 2.75) is 38.0 Å². The Morgan fingerprint density at radius 3 is 2.12 bits per heavy atom. The van der Waals surface area contributed by atoms with E-state index in [1.165, 1.54) is 70.0 Å². The second-order valence-corrected chi connectivity index (χ2v) is 12.7. The first-order chi connectivity index (χ1) is 20.2. The van der Waals surface area contributed by atoms with Crippen LogP contribution in [0.15, 0.2) is 115 Å². The highest BCUT2D eigenvalue weighted by Crippen LogP contribution is 2.65. The minimum Gasteiger partial charge on any atom is -0.355 e. The van der Waals surface area contributed by atoms with Crippen molar-refractivity contribution in [1.29, 1.82) is 0 Å². The Kier molecular flexibility index (Phi) is 4.91. The number of anilines is 2. The van der Waals surface area contributed by atoms with Gasteiger partial charge in [-0.15, -0.1) is 0 Å². The number of nitrogens with zero attached hydrogens (tertiary/aromatic N) is 1. The number of aromatic nitrogens is 1. The zero-order chi connectivity index (χ0) is 27.1. The lowest BCUT2D eigenvalue weighted by atomic mass is 9.56. The molecule has 0 aliphatic heterocycles. The lowest BCUT2D eigenvalue weighted by Gasteiger charge is -2.46. The van der Waals surface area contributed by atoms with Gasteiger partial charge >= 0.3 is 0 Å². The Labute approximate surface area is 241 Å². The van der Waals surface area contributed by atoms with E-state index in [9.17, 15) is 0 Å². The van der Waals surface area contributed by atoms with E-state index in [0.717, 1.165) is 17.5 Å². The normalized spacial score (nSPS) is 24.2. The lowest BCUT2D eigenvalue weighted by molar-refractivity contribution is 0.162. The molecule has 3 aliphatic rings. The average molecular weight is 531 g/mol. The first kappa shape index (κ1) is 23.4. The van der Waals surface area contributed by atoms with Crippen LogP contribution in [0.1, 0.15) is 43.7 Å². The van der Waals surface area contributed by atoms with E-state index in [-0.39, 0.29) is 5.41 Å². The fourth-order valence-electron chi connectivity index (χ4n) is 9.31. The van der Waals surface area contributed by atoms with Crippen LogP contribution in [0, 0.1) is 17.8 Å². The van der Waals surface area contributed by atoms with E-state index in [4.69, 9.17) is 0 Å². The van der Waals surface area contributed by atoms with Crippen molar-refractivity contribution < 1.29 is 0 Å². The third kappa shape index (κ3) is 3.14. The minimum absolute atomic E-state index is 0.150. The molecule has 1 aromatic heterocycles. The third-order valence-corrected chi connectivity index (χ3v) is 10.8. The molecule has 2 nitrogen and oxygen atoms in total. The van der Waals surface area contributed by atoms with Crippen molar-refractivity contribution >= 4 is 33.2 Å². The van der Waals surface area contributed by atoms with E-state index in [1.807, 2.05) is 0 Å². The van der Waals surface area contributed by atoms with Gasteiger partial charge in [-0.3, -0.25) is 0 Å². The molecule has 0 saturated heterocycles. The van der Waals surface area contributed by atoms with Crippen LogP contribution >= 0.6 is 0 Å². The Morgan fingerprint density at radius 2 is 1.34 bits per heavy atom. The summed E-state index contributed by atoms with van der Waals surface area (Å²) in [5.41, 5.74) is 12.2. The molecule has 3 unspecified atom stereocenters. The summed E-state index contributed by atoms with van der Waals surface area (Å²) in [6, 6.07) is 42.7. The van der Waals surface area contributed by atoms with Gasteiger partial charge in [0.25, 0.3) is 0 Å². The zero-order valence-corrected chi connectivity index (χ0v) is 23.5. The van der Waals surface area contributed by atoms with Gasteiger partial charge in [0.15, 0.2) is 0 Å². The van der Waals surface area contributed by atoms with Crippen LogP contribution in [-0.2, 0) is 5.41 Å². The largest absolute Gasteiger partial charge is 0.355 e. The van der Waals surface area contributed by atoms with E-state index in [2.05, 4.69) is 132 Å². The van der Waals surface area contributed by atoms with Gasteiger partial charge in [-0.1, -0.05) is 86.1 Å². The third-order valence-electron chi connectivity index (χ3n) is 10.8. The van der Waals surface area contributed by atoms with Crippen molar-refractivity contribution in [1.82, 2.24) is 4.57 Å². The number of benzene rings is 5. The molecule has 1 N–H and O–H groups in total. The SMILES string of the molecule is C[C@@H]1CC2CCC(C2)C12c1ccccc1-c1c(Nc3ccc(-n4c5ccccc5c5ccccc54)cc3)cccc12. The summed E-state index contributed by atoms with van der Waals surface area (Å²) in [5.74, 6) is 2.34. The summed E-state index contributed by atoms with van der Waals surface area (Å²) >= 11 is 0. The molecule has 5 aromatic carbocycles. The van der Waals surface area contributed by atoms with Gasteiger partial charge in [0.05, 0.1) is 11.0 Å². The molecule has 41 heavy (non-hydrogen) atoms. The zero-order valence-electron chi connectivity index (χ0n) is 23.5. The number of fused-ring (bicyclic) bond motifs is 11. The summed E-state index contributed by atoms with van der Waals surface area (Å²) in [5, 5.41) is 6.45. The fourth-order valence-corrected chi connectivity index (χ4v) is 9.31. The van der Waals surface area contributed by atoms with Crippen LogP contribution in [0.4, 0.5) is 11.4 Å². The average Bonchev–Trinajstić information content (AvgIpc) is 3.67. The Morgan fingerprint density at radius 1 is 0.659 bits per heavy atom. The van der Waals surface area contributed by atoms with Gasteiger partial charge in [-0.2, -0.15) is 0 Å². The molecule has 0 amide bonds. The molecule has 6 aromatic rings. The van der Waals surface area contributed by atoms with E-state index >= 15 is 0 Å². The van der Waals surface area contributed by atoms with Gasteiger partial charge in [0.2, 0.25) is 0 Å². The van der Waals surface area contributed by atoms with Crippen LogP contribution < -0.4 is 5.32 Å². The van der Waals surface area contributed by atoms with Crippen molar-refractivity contribution in [3.63, 3.8) is 0 Å². The number of para-hydroxylation sites is 2. The topological polar surface area (TPSA) is 17.0 Å². The van der Waals surface area contributed by atoms with Gasteiger partial charge in [0.1, 0.15) is 0 Å². The standard InChI is InChI=1S/C39H34N2/c1-25-23-26-17-18-27(24-26)39(25)33-12-5-2-11-32(33)38-34(39)13-8-14-35(38)40-28-19-21-29(22-20-28)41-36-15-6-3-9-30(36)31-10-4-7-16-37(31)41/h2-16,19-22,25-27,40H,17-18,23-24H2,1H3/t25-,26?,27?,39?/m1/s1. The van der Waals surface area contributed by atoms with E-state index in [0.29, 0.717) is 5.92 Å². The van der Waals surface area contributed by atoms with Crippen LogP contribution in [0.3, 0.4) is 0 Å². The maximum atomic E-state index is 3.86. The van der Waals surface area contributed by atoms with Crippen molar-refractivity contribution in [2.75, 3.05) is 5.32 Å². The highest BCUT2D eigenvalue weighted by atomic mass is 15.0. The minimum atomic E-state index is 0.150. The number of rotatable bonds is 3. The summed E-state index contributed by atoms with van der Waals surface area (Å²) in [6.07, 6.45) is 5.52. The second kappa shape index (κ2) is 8.60. The molecule has 2 fully saturated rings. The molecule has 9 rings (SSSR count). The molecule has 3 aliphatic carbocycles. The molecule has 2 saturated carbocycles. The van der Waals surface area contributed by atoms with Crippen LogP contribution in [0.2, 0.25) is 0 Å². The number of nitrogens with one attached hydrogen (secondary N) is 1. The van der Waals surface area contributed by atoms with Crippen molar-refractivity contribution in [2.24, 2.45) is 17.8 Å². The summed E-state index contributed by atoms with van der Waals surface area (Å²) in [6.45, 7) is 2.53. The molecule has 1 heterocycles. The van der Waals surface area contributed by atoms with Gasteiger partial charge in [-0.05, 0) is 96.2 Å². The molecule has 1 spiro atoms. The maximum absolute atomic E-state index is 3.86. The molecule has 4 atom stereocenters. The highest BCUT2D eigenvalue weighted by molar-refractivity contribution is 6.09. The lowest BCUT2D eigenvalue weighted by Crippen LogP contribution is -2.43. The molecule has 2 bridgehead atoms. The summed E-state index contributed by atoms with van der Waals surface area (Å²) in [7, 11) is 0.